The number of nitrogen functional groups attached to an aromatic ring is 1. The molecular formula is C10H14FN3O3S. The summed E-state index contributed by atoms with van der Waals surface area (Å²) in [5.74, 6) is -1.47. The first-order valence-electron chi connectivity index (χ1n) is 4.96. The van der Waals surface area contributed by atoms with Crippen LogP contribution in [0.15, 0.2) is 17.0 Å². The number of nitrogens with two attached hydrogens (primary N) is 2. The molecule has 0 spiro atoms. The zero-order valence-corrected chi connectivity index (χ0v) is 10.8. The second-order valence-corrected chi connectivity index (χ2v) is 5.88. The first-order chi connectivity index (χ1) is 8.16. The van der Waals surface area contributed by atoms with E-state index >= 15 is 0 Å². The summed E-state index contributed by atoms with van der Waals surface area (Å²) in [6, 6.07) is 2.05. The minimum atomic E-state index is -3.92. The van der Waals surface area contributed by atoms with E-state index < -0.39 is 28.3 Å². The van der Waals surface area contributed by atoms with Crippen LogP contribution in [0.2, 0.25) is 0 Å². The quantitative estimate of drug-likeness (QED) is 0.743. The number of nitrogens with zero attached hydrogens (tertiary/aromatic N) is 1. The molecule has 18 heavy (non-hydrogen) atoms. The standard InChI is InChI=1S/C10H14FN3O3S/c1-6-3-7(11)8(12)4-9(6)18(16,17)14(2)5-10(13)15/h3-4H,5,12H2,1-2H3,(H2,13,15). The van der Waals surface area contributed by atoms with Gasteiger partial charge >= 0.3 is 0 Å². The van der Waals surface area contributed by atoms with E-state index in [1.54, 1.807) is 0 Å². The monoisotopic (exact) mass is 275 g/mol. The van der Waals surface area contributed by atoms with Gasteiger partial charge in [0.15, 0.2) is 0 Å². The molecule has 100 valence electrons. The summed E-state index contributed by atoms with van der Waals surface area (Å²) in [6.45, 7) is 0.979. The number of benzene rings is 1. The summed E-state index contributed by atoms with van der Waals surface area (Å²) >= 11 is 0. The van der Waals surface area contributed by atoms with Gasteiger partial charge < -0.3 is 11.5 Å². The molecule has 1 rings (SSSR count). The Balaban J connectivity index is 3.29. The molecule has 0 saturated carbocycles. The summed E-state index contributed by atoms with van der Waals surface area (Å²) < 4.78 is 38.1. The van der Waals surface area contributed by atoms with Crippen molar-refractivity contribution >= 4 is 21.6 Å². The molecule has 0 aliphatic rings. The van der Waals surface area contributed by atoms with Crippen LogP contribution in [0.1, 0.15) is 5.56 Å². The number of hydrogen-bond donors (Lipinski definition) is 2. The average Bonchev–Trinajstić information content (AvgIpc) is 2.22. The number of primary amides is 1. The molecule has 1 amide bonds. The highest BCUT2D eigenvalue weighted by molar-refractivity contribution is 7.89. The Bertz CT molecular complexity index is 586. The first-order valence-corrected chi connectivity index (χ1v) is 6.40. The Labute approximate surface area is 104 Å². The van der Waals surface area contributed by atoms with E-state index in [0.29, 0.717) is 0 Å². The lowest BCUT2D eigenvalue weighted by Gasteiger charge is -2.17. The molecule has 0 unspecified atom stereocenters. The number of rotatable bonds is 4. The largest absolute Gasteiger partial charge is 0.396 e. The van der Waals surface area contributed by atoms with E-state index in [9.17, 15) is 17.6 Å². The van der Waals surface area contributed by atoms with Gasteiger partial charge in [-0.05, 0) is 24.6 Å². The number of likely N-dealkylation sites (N-methyl/N-ethyl adjacent to an activating group) is 1. The van der Waals surface area contributed by atoms with Gasteiger partial charge in [-0.3, -0.25) is 4.79 Å². The van der Waals surface area contributed by atoms with Crippen LogP contribution >= 0.6 is 0 Å². The molecule has 0 aliphatic heterocycles. The number of hydrogen-bond acceptors (Lipinski definition) is 4. The summed E-state index contributed by atoms with van der Waals surface area (Å²) in [5, 5.41) is 0. The van der Waals surface area contributed by atoms with Gasteiger partial charge in [-0.15, -0.1) is 0 Å². The highest BCUT2D eigenvalue weighted by Gasteiger charge is 2.25. The topological polar surface area (TPSA) is 106 Å². The fraction of sp³-hybridized carbons (Fsp3) is 0.300. The molecule has 0 heterocycles. The zero-order chi connectivity index (χ0) is 14.1. The minimum Gasteiger partial charge on any atom is -0.396 e. The SMILES string of the molecule is Cc1cc(F)c(N)cc1S(=O)(=O)N(C)CC(N)=O. The number of sulfonamides is 1. The number of aryl methyl sites for hydroxylation is 1. The van der Waals surface area contributed by atoms with Gasteiger partial charge in [0, 0.05) is 7.05 Å². The molecule has 0 saturated heterocycles. The first kappa shape index (κ1) is 14.4. The number of anilines is 1. The Morgan fingerprint density at radius 2 is 2.00 bits per heavy atom. The predicted octanol–water partition coefficient (Wildman–Crippen LogP) is -0.178. The second-order valence-electron chi connectivity index (χ2n) is 3.87. The van der Waals surface area contributed by atoms with Crippen LogP contribution in [0.4, 0.5) is 10.1 Å². The van der Waals surface area contributed by atoms with Crippen LogP contribution in [-0.2, 0) is 14.8 Å². The number of carbonyl (C=O) groups is 1. The normalized spacial score (nSPS) is 11.8. The fourth-order valence-electron chi connectivity index (χ4n) is 1.42. The molecule has 0 radical (unpaired) electrons. The number of halogens is 1. The van der Waals surface area contributed by atoms with Gasteiger partial charge in [0.2, 0.25) is 15.9 Å². The summed E-state index contributed by atoms with van der Waals surface area (Å²) in [4.78, 5) is 10.6. The maximum absolute atomic E-state index is 13.2. The summed E-state index contributed by atoms with van der Waals surface area (Å²) in [5.41, 5.74) is 10.2. The Morgan fingerprint density at radius 1 is 1.44 bits per heavy atom. The molecule has 1 aromatic rings. The molecule has 4 N–H and O–H groups in total. The highest BCUT2D eigenvalue weighted by Crippen LogP contribution is 2.23. The van der Waals surface area contributed by atoms with Gasteiger partial charge in [-0.2, -0.15) is 4.31 Å². The van der Waals surface area contributed by atoms with Crippen molar-refractivity contribution in [1.29, 1.82) is 0 Å². The number of amides is 1. The van der Waals surface area contributed by atoms with Crippen LogP contribution in [0.25, 0.3) is 0 Å². The predicted molar refractivity (Wildman–Crippen MR) is 64.6 cm³/mol. The maximum atomic E-state index is 13.2. The molecule has 6 nitrogen and oxygen atoms in total. The van der Waals surface area contributed by atoms with Gasteiger partial charge in [0.05, 0.1) is 17.1 Å². The van der Waals surface area contributed by atoms with E-state index in [4.69, 9.17) is 11.5 Å². The fourth-order valence-corrected chi connectivity index (χ4v) is 2.79. The van der Waals surface area contributed by atoms with Crippen molar-refractivity contribution in [3.8, 4) is 0 Å². The van der Waals surface area contributed by atoms with E-state index in [-0.39, 0.29) is 16.1 Å². The van der Waals surface area contributed by atoms with Crippen molar-refractivity contribution in [3.05, 3.63) is 23.5 Å². The lowest BCUT2D eigenvalue weighted by atomic mass is 10.2. The van der Waals surface area contributed by atoms with Gasteiger partial charge in [0.1, 0.15) is 5.82 Å². The van der Waals surface area contributed by atoms with Crippen LogP contribution in [0.3, 0.4) is 0 Å². The van der Waals surface area contributed by atoms with Gasteiger partial charge in [0.25, 0.3) is 0 Å². The molecule has 0 atom stereocenters. The molecule has 8 heteroatoms. The van der Waals surface area contributed by atoms with E-state index in [2.05, 4.69) is 0 Å². The Hall–Kier alpha value is -1.67. The van der Waals surface area contributed by atoms with Crippen molar-refractivity contribution in [2.75, 3.05) is 19.3 Å². The van der Waals surface area contributed by atoms with Crippen LogP contribution in [0.5, 0.6) is 0 Å². The molecular weight excluding hydrogens is 261 g/mol. The average molecular weight is 275 g/mol. The minimum absolute atomic E-state index is 0.148. The molecule has 0 aromatic heterocycles. The van der Waals surface area contributed by atoms with E-state index in [1.807, 2.05) is 0 Å². The lowest BCUT2D eigenvalue weighted by molar-refractivity contribution is -0.118. The third-order valence-electron chi connectivity index (χ3n) is 2.36. The number of carbonyl (C=O) groups excluding carboxylic acids is 1. The van der Waals surface area contributed by atoms with Crippen LogP contribution < -0.4 is 11.5 Å². The van der Waals surface area contributed by atoms with Crippen molar-refractivity contribution in [3.63, 3.8) is 0 Å². The Kier molecular flexibility index (Phi) is 3.92. The van der Waals surface area contributed by atoms with Gasteiger partial charge in [-0.25, -0.2) is 12.8 Å². The second kappa shape index (κ2) is 4.91. The summed E-state index contributed by atoms with van der Waals surface area (Å²) in [6.07, 6.45) is 0. The van der Waals surface area contributed by atoms with Crippen molar-refractivity contribution in [2.45, 2.75) is 11.8 Å². The van der Waals surface area contributed by atoms with E-state index in [1.165, 1.54) is 14.0 Å². The van der Waals surface area contributed by atoms with Crippen molar-refractivity contribution in [1.82, 2.24) is 4.31 Å². The molecule has 0 fully saturated rings. The lowest BCUT2D eigenvalue weighted by Crippen LogP contribution is -2.35. The molecule has 0 aliphatic carbocycles. The Morgan fingerprint density at radius 3 is 2.50 bits per heavy atom. The van der Waals surface area contributed by atoms with Crippen molar-refractivity contribution in [2.24, 2.45) is 5.73 Å². The third kappa shape index (κ3) is 2.77. The van der Waals surface area contributed by atoms with Crippen LogP contribution in [-0.4, -0.2) is 32.2 Å². The van der Waals surface area contributed by atoms with E-state index in [0.717, 1.165) is 16.4 Å². The highest BCUT2D eigenvalue weighted by atomic mass is 32.2. The maximum Gasteiger partial charge on any atom is 0.243 e. The van der Waals surface area contributed by atoms with Crippen molar-refractivity contribution < 1.29 is 17.6 Å². The smallest absolute Gasteiger partial charge is 0.243 e. The molecule has 0 bridgehead atoms. The van der Waals surface area contributed by atoms with Gasteiger partial charge in [-0.1, -0.05) is 0 Å². The van der Waals surface area contributed by atoms with Crippen LogP contribution in [0, 0.1) is 12.7 Å². The zero-order valence-electron chi connectivity index (χ0n) is 9.97. The molecule has 1 aromatic carbocycles. The summed E-state index contributed by atoms with van der Waals surface area (Å²) in [7, 11) is -2.71. The third-order valence-corrected chi connectivity index (χ3v) is 4.31.